The highest BCUT2D eigenvalue weighted by Crippen LogP contribution is 2.46. The summed E-state index contributed by atoms with van der Waals surface area (Å²) in [6, 6.07) is -1.64. The first-order valence-corrected chi connectivity index (χ1v) is 6.43. The Morgan fingerprint density at radius 2 is 1.75 bits per heavy atom. The molecule has 0 spiro atoms. The SMILES string of the molecule is C[C@H]1CC1[C@@H](N[S+]([O-])C(C)(C)C)C(F)(F)F. The van der Waals surface area contributed by atoms with E-state index in [0.717, 1.165) is 0 Å². The van der Waals surface area contributed by atoms with Gasteiger partial charge in [-0.15, -0.1) is 4.72 Å². The lowest BCUT2D eigenvalue weighted by Gasteiger charge is -2.29. The van der Waals surface area contributed by atoms with Crippen LogP contribution in [-0.2, 0) is 11.4 Å². The zero-order valence-corrected chi connectivity index (χ0v) is 10.7. The van der Waals surface area contributed by atoms with Crippen molar-refractivity contribution < 1.29 is 17.7 Å². The van der Waals surface area contributed by atoms with Gasteiger partial charge in [-0.3, -0.25) is 0 Å². The van der Waals surface area contributed by atoms with Crippen LogP contribution in [0.3, 0.4) is 0 Å². The van der Waals surface area contributed by atoms with E-state index in [1.807, 2.05) is 0 Å². The summed E-state index contributed by atoms with van der Waals surface area (Å²) in [5.41, 5.74) is 0. The maximum absolute atomic E-state index is 12.7. The van der Waals surface area contributed by atoms with Crippen molar-refractivity contribution in [3.63, 3.8) is 0 Å². The molecule has 1 aliphatic carbocycles. The summed E-state index contributed by atoms with van der Waals surface area (Å²) in [5.74, 6) is -0.359. The fraction of sp³-hybridized carbons (Fsp3) is 1.00. The van der Waals surface area contributed by atoms with Crippen LogP contribution in [0.1, 0.15) is 34.1 Å². The highest BCUT2D eigenvalue weighted by Gasteiger charge is 2.55. The lowest BCUT2D eigenvalue weighted by Crippen LogP contribution is -2.52. The van der Waals surface area contributed by atoms with Crippen LogP contribution in [0, 0.1) is 11.8 Å². The first-order valence-electron chi connectivity index (χ1n) is 5.28. The van der Waals surface area contributed by atoms with Gasteiger partial charge in [0.1, 0.15) is 4.75 Å². The van der Waals surface area contributed by atoms with Crippen LogP contribution < -0.4 is 4.72 Å². The van der Waals surface area contributed by atoms with Crippen LogP contribution in [0.2, 0.25) is 0 Å². The van der Waals surface area contributed by atoms with Gasteiger partial charge < -0.3 is 4.55 Å². The molecule has 4 atom stereocenters. The number of nitrogens with one attached hydrogen (secondary N) is 1. The van der Waals surface area contributed by atoms with Crippen molar-refractivity contribution >= 4 is 11.4 Å². The van der Waals surface area contributed by atoms with Gasteiger partial charge in [-0.05, 0) is 39.0 Å². The average Bonchev–Trinajstić information content (AvgIpc) is 2.73. The van der Waals surface area contributed by atoms with Crippen LogP contribution in [0.25, 0.3) is 0 Å². The van der Waals surface area contributed by atoms with E-state index in [1.165, 1.54) is 0 Å². The molecule has 0 aromatic carbocycles. The lowest BCUT2D eigenvalue weighted by atomic mass is 10.1. The summed E-state index contributed by atoms with van der Waals surface area (Å²) in [6.45, 7) is 6.74. The molecule has 6 heteroatoms. The molecule has 2 unspecified atom stereocenters. The smallest absolute Gasteiger partial charge is 0.408 e. The third-order valence-corrected chi connectivity index (χ3v) is 4.32. The van der Waals surface area contributed by atoms with Crippen molar-refractivity contribution in [3.05, 3.63) is 0 Å². The zero-order valence-electron chi connectivity index (χ0n) is 9.89. The first kappa shape index (κ1) is 14.1. The normalized spacial score (nSPS) is 30.0. The highest BCUT2D eigenvalue weighted by molar-refractivity contribution is 7.90. The molecule has 1 rings (SSSR count). The number of halogens is 3. The van der Waals surface area contributed by atoms with Crippen LogP contribution >= 0.6 is 0 Å². The van der Waals surface area contributed by atoms with Gasteiger partial charge in [0.15, 0.2) is 6.04 Å². The summed E-state index contributed by atoms with van der Waals surface area (Å²) in [6.07, 6.45) is -3.77. The molecule has 1 aliphatic rings. The summed E-state index contributed by atoms with van der Waals surface area (Å²) < 4.78 is 51.4. The maximum atomic E-state index is 12.7. The van der Waals surface area contributed by atoms with Gasteiger partial charge >= 0.3 is 6.18 Å². The molecule has 0 amide bonds. The Labute approximate surface area is 97.3 Å². The summed E-state index contributed by atoms with van der Waals surface area (Å²) in [7, 11) is 0. The van der Waals surface area contributed by atoms with Crippen LogP contribution in [-0.4, -0.2) is 21.5 Å². The molecule has 0 bridgehead atoms. The Morgan fingerprint density at radius 1 is 1.31 bits per heavy atom. The van der Waals surface area contributed by atoms with Crippen LogP contribution in [0.5, 0.6) is 0 Å². The predicted molar refractivity (Wildman–Crippen MR) is 58.1 cm³/mol. The van der Waals surface area contributed by atoms with Crippen molar-refractivity contribution in [3.8, 4) is 0 Å². The number of hydrogen-bond acceptors (Lipinski definition) is 2. The molecule has 1 N–H and O–H groups in total. The second-order valence-electron chi connectivity index (χ2n) is 5.40. The molecule has 16 heavy (non-hydrogen) atoms. The maximum Gasteiger partial charge on any atom is 0.408 e. The van der Waals surface area contributed by atoms with Gasteiger partial charge in [-0.25, -0.2) is 0 Å². The minimum atomic E-state index is -4.32. The molecule has 1 saturated carbocycles. The lowest BCUT2D eigenvalue weighted by molar-refractivity contribution is -0.156. The van der Waals surface area contributed by atoms with Gasteiger partial charge in [-0.1, -0.05) is 6.92 Å². The van der Waals surface area contributed by atoms with Gasteiger partial charge in [0, 0.05) is 11.4 Å². The summed E-state index contributed by atoms with van der Waals surface area (Å²) in [5, 5.41) is 0. The third kappa shape index (κ3) is 3.53. The molecular weight excluding hydrogens is 239 g/mol. The van der Waals surface area contributed by atoms with Gasteiger partial charge in [-0.2, -0.15) is 13.2 Å². The van der Waals surface area contributed by atoms with E-state index in [1.54, 1.807) is 27.7 Å². The second kappa shape index (κ2) is 4.38. The first-order chi connectivity index (χ1) is 7.03. The largest absolute Gasteiger partial charge is 0.598 e. The monoisotopic (exact) mass is 257 g/mol. The van der Waals surface area contributed by atoms with Gasteiger partial charge in [0.2, 0.25) is 0 Å². The van der Waals surface area contributed by atoms with Crippen molar-refractivity contribution in [2.24, 2.45) is 11.8 Å². The Hall–Kier alpha value is 0.0600. The van der Waals surface area contributed by atoms with Crippen LogP contribution in [0.15, 0.2) is 0 Å². The average molecular weight is 257 g/mol. The topological polar surface area (TPSA) is 35.1 Å². The molecule has 0 aromatic heterocycles. The molecule has 0 radical (unpaired) electrons. The Kier molecular flexibility index (Phi) is 3.87. The van der Waals surface area contributed by atoms with Crippen molar-refractivity contribution in [1.82, 2.24) is 4.72 Å². The fourth-order valence-corrected chi connectivity index (χ4v) is 2.40. The number of rotatable bonds is 3. The molecule has 0 aromatic rings. The second-order valence-corrected chi connectivity index (χ2v) is 7.39. The Morgan fingerprint density at radius 3 is 2.00 bits per heavy atom. The van der Waals surface area contributed by atoms with E-state index in [4.69, 9.17) is 0 Å². The fourth-order valence-electron chi connectivity index (χ4n) is 1.50. The van der Waals surface area contributed by atoms with E-state index >= 15 is 0 Å². The van der Waals surface area contributed by atoms with Crippen LogP contribution in [0.4, 0.5) is 13.2 Å². The highest BCUT2D eigenvalue weighted by atomic mass is 32.2. The van der Waals surface area contributed by atoms with E-state index in [-0.39, 0.29) is 5.92 Å². The molecule has 96 valence electrons. The van der Waals surface area contributed by atoms with E-state index in [0.29, 0.717) is 6.42 Å². The van der Waals surface area contributed by atoms with Crippen molar-refractivity contribution in [2.45, 2.75) is 51.1 Å². The number of hydrogen-bond donors (Lipinski definition) is 1. The quantitative estimate of drug-likeness (QED) is 0.789. The number of alkyl halides is 3. The molecule has 2 nitrogen and oxygen atoms in total. The van der Waals surface area contributed by atoms with Crippen molar-refractivity contribution in [2.75, 3.05) is 0 Å². The molecule has 0 saturated heterocycles. The van der Waals surface area contributed by atoms with E-state index < -0.39 is 34.2 Å². The molecular formula is C10H18F3NOS. The minimum absolute atomic E-state index is 0.0658. The third-order valence-electron chi connectivity index (χ3n) is 2.74. The Bertz CT molecular complexity index is 251. The minimum Gasteiger partial charge on any atom is -0.598 e. The molecule has 0 aliphatic heterocycles. The van der Waals surface area contributed by atoms with E-state index in [2.05, 4.69) is 4.72 Å². The Balaban J connectivity index is 2.66. The van der Waals surface area contributed by atoms with Crippen molar-refractivity contribution in [1.29, 1.82) is 0 Å². The zero-order chi connectivity index (χ0) is 12.7. The van der Waals surface area contributed by atoms with Gasteiger partial charge in [0.05, 0.1) is 0 Å². The standard InChI is InChI=1S/C10H18F3NOS/c1-6-5-7(6)8(10(11,12)13)14-16(15)9(2,3)4/h6-8,14H,5H2,1-4H3/t6-,7?,8+,16?/m0/s1. The molecule has 0 heterocycles. The molecule has 1 fully saturated rings. The van der Waals surface area contributed by atoms with E-state index in [9.17, 15) is 17.7 Å². The van der Waals surface area contributed by atoms with Gasteiger partial charge in [0.25, 0.3) is 0 Å². The summed E-state index contributed by atoms with van der Waals surface area (Å²) >= 11 is -1.68. The summed E-state index contributed by atoms with van der Waals surface area (Å²) in [4.78, 5) is 0. The predicted octanol–water partition coefficient (Wildman–Crippen LogP) is 2.63.